The molecule has 7 nitrogen and oxygen atoms in total. The lowest BCUT2D eigenvalue weighted by atomic mass is 9.95. The third-order valence-corrected chi connectivity index (χ3v) is 6.88. The highest BCUT2D eigenvalue weighted by molar-refractivity contribution is 5.77. The fourth-order valence-electron chi connectivity index (χ4n) is 4.97. The Hall–Kier alpha value is -3.09. The first-order valence-corrected chi connectivity index (χ1v) is 12.5. The first-order chi connectivity index (χ1) is 16.6. The number of aromatic nitrogens is 1. The van der Waals surface area contributed by atoms with E-state index < -0.39 is 0 Å². The Morgan fingerprint density at radius 1 is 0.941 bits per heavy atom. The maximum atomic E-state index is 13.0. The van der Waals surface area contributed by atoms with Crippen LogP contribution in [0, 0.1) is 0 Å². The number of carbonyl (C=O) groups excluding carboxylic acids is 2. The van der Waals surface area contributed by atoms with Gasteiger partial charge in [-0.1, -0.05) is 18.2 Å². The molecule has 0 spiro atoms. The zero-order chi connectivity index (χ0) is 23.8. The molecule has 0 saturated carbocycles. The average molecular weight is 466 g/mol. The average Bonchev–Trinajstić information content (AvgIpc) is 2.86. The Kier molecular flexibility index (Phi) is 8.39. The largest absolute Gasteiger partial charge is 0.492 e. The van der Waals surface area contributed by atoms with Gasteiger partial charge in [0.25, 0.3) is 5.56 Å². The third-order valence-electron chi connectivity index (χ3n) is 6.88. The van der Waals surface area contributed by atoms with E-state index in [0.29, 0.717) is 39.1 Å². The highest BCUT2D eigenvalue weighted by atomic mass is 16.5. The molecule has 1 fully saturated rings. The number of pyridine rings is 1. The number of piperidine rings is 1. The topological polar surface area (TPSA) is 71.9 Å². The van der Waals surface area contributed by atoms with E-state index >= 15 is 0 Å². The van der Waals surface area contributed by atoms with Gasteiger partial charge in [-0.25, -0.2) is 0 Å². The summed E-state index contributed by atoms with van der Waals surface area (Å²) < 4.78 is 7.54. The Balaban J connectivity index is 1.45. The van der Waals surface area contributed by atoms with Crippen LogP contribution in [0.5, 0.6) is 5.75 Å². The number of hydrogen-bond donors (Lipinski definition) is 0. The van der Waals surface area contributed by atoms with Crippen LogP contribution in [0.3, 0.4) is 0 Å². The number of amides is 2. The molecule has 1 saturated heterocycles. The molecule has 0 N–H and O–H groups in total. The lowest BCUT2D eigenvalue weighted by molar-refractivity contribution is -0.136. The highest BCUT2D eigenvalue weighted by Crippen LogP contribution is 2.24. The maximum Gasteiger partial charge on any atom is 0.250 e. The molecule has 1 aromatic heterocycles. The number of carbonyl (C=O) groups is 2. The van der Waals surface area contributed by atoms with Crippen molar-refractivity contribution in [2.24, 2.45) is 0 Å². The van der Waals surface area contributed by atoms with Gasteiger partial charge in [0.15, 0.2) is 0 Å². The maximum absolute atomic E-state index is 13.0. The molecule has 1 unspecified atom stereocenters. The van der Waals surface area contributed by atoms with Crippen LogP contribution in [-0.4, -0.2) is 58.5 Å². The molecule has 1 atom stereocenters. The molecule has 7 heteroatoms. The molecular weight excluding hydrogens is 430 g/mol. The van der Waals surface area contributed by atoms with Crippen LogP contribution >= 0.6 is 0 Å². The number of aryl methyl sites for hydroxylation is 2. The van der Waals surface area contributed by atoms with E-state index in [4.69, 9.17) is 4.74 Å². The van der Waals surface area contributed by atoms with Gasteiger partial charge in [0, 0.05) is 50.8 Å². The van der Waals surface area contributed by atoms with Gasteiger partial charge in [-0.15, -0.1) is 0 Å². The summed E-state index contributed by atoms with van der Waals surface area (Å²) in [6.07, 6.45) is 8.21. The van der Waals surface area contributed by atoms with Crippen molar-refractivity contribution < 1.29 is 14.3 Å². The lowest BCUT2D eigenvalue weighted by Crippen LogP contribution is -2.44. The van der Waals surface area contributed by atoms with Crippen molar-refractivity contribution >= 4 is 11.8 Å². The van der Waals surface area contributed by atoms with E-state index in [2.05, 4.69) is 17.0 Å². The van der Waals surface area contributed by atoms with Crippen LogP contribution in [-0.2, 0) is 22.6 Å². The molecule has 2 aromatic rings. The SMILES string of the molecule is O=C(CCn1ccccc1=O)N1CCCC(=O)N2CCCCC2CCc2cccc(c2)OCC1. The molecule has 0 radical (unpaired) electrons. The van der Waals surface area contributed by atoms with Crippen molar-refractivity contribution in [1.82, 2.24) is 14.4 Å². The van der Waals surface area contributed by atoms with Gasteiger partial charge in [0.2, 0.25) is 11.8 Å². The van der Waals surface area contributed by atoms with Crippen LogP contribution < -0.4 is 10.3 Å². The van der Waals surface area contributed by atoms with Crippen molar-refractivity contribution in [3.63, 3.8) is 0 Å². The summed E-state index contributed by atoms with van der Waals surface area (Å²) in [5.41, 5.74) is 1.10. The second-order valence-electron chi connectivity index (χ2n) is 9.24. The van der Waals surface area contributed by atoms with Crippen LogP contribution in [0.4, 0.5) is 0 Å². The second-order valence-corrected chi connectivity index (χ2v) is 9.24. The summed E-state index contributed by atoms with van der Waals surface area (Å²) in [4.78, 5) is 41.9. The minimum absolute atomic E-state index is 0.0271. The van der Waals surface area contributed by atoms with Crippen molar-refractivity contribution in [1.29, 1.82) is 0 Å². The van der Waals surface area contributed by atoms with Crippen LogP contribution in [0.2, 0.25) is 0 Å². The van der Waals surface area contributed by atoms with Crippen molar-refractivity contribution in [2.75, 3.05) is 26.2 Å². The number of rotatable bonds is 3. The minimum atomic E-state index is -0.114. The van der Waals surface area contributed by atoms with Gasteiger partial charge in [0.1, 0.15) is 12.4 Å². The van der Waals surface area contributed by atoms with E-state index in [0.717, 1.165) is 38.0 Å². The van der Waals surface area contributed by atoms with E-state index in [1.165, 1.54) is 18.1 Å². The Bertz CT molecular complexity index is 1030. The van der Waals surface area contributed by atoms with Crippen molar-refractivity contribution in [3.8, 4) is 5.75 Å². The first-order valence-electron chi connectivity index (χ1n) is 12.5. The summed E-state index contributed by atoms with van der Waals surface area (Å²) in [6.45, 7) is 2.53. The zero-order valence-electron chi connectivity index (χ0n) is 19.9. The third kappa shape index (κ3) is 6.49. The molecule has 0 aliphatic carbocycles. The van der Waals surface area contributed by atoms with E-state index in [9.17, 15) is 14.4 Å². The molecule has 182 valence electrons. The fraction of sp³-hybridized carbons (Fsp3) is 0.519. The normalized spacial score (nSPS) is 20.0. The van der Waals surface area contributed by atoms with Gasteiger partial charge < -0.3 is 19.1 Å². The molecule has 4 rings (SSSR count). The smallest absolute Gasteiger partial charge is 0.250 e. The number of nitrogens with zero attached hydrogens (tertiary/aromatic N) is 3. The summed E-state index contributed by atoms with van der Waals surface area (Å²) in [5, 5.41) is 0. The Morgan fingerprint density at radius 3 is 2.74 bits per heavy atom. The van der Waals surface area contributed by atoms with Crippen LogP contribution in [0.1, 0.15) is 50.5 Å². The fourth-order valence-corrected chi connectivity index (χ4v) is 4.97. The van der Waals surface area contributed by atoms with Crippen LogP contribution in [0.25, 0.3) is 0 Å². The van der Waals surface area contributed by atoms with Crippen molar-refractivity contribution in [3.05, 3.63) is 64.6 Å². The minimum Gasteiger partial charge on any atom is -0.492 e. The summed E-state index contributed by atoms with van der Waals surface area (Å²) in [5.74, 6) is 0.987. The van der Waals surface area contributed by atoms with Gasteiger partial charge in [-0.2, -0.15) is 0 Å². The number of benzene rings is 1. The standard InChI is InChI=1S/C27H35N3O4/c31-25-10-2-3-15-28(25)18-14-26(32)29-16-6-11-27(33)30-17-4-1-8-23(30)13-12-22-7-5-9-24(21-22)34-20-19-29/h2-3,5,7,9-10,15,21,23H,1,4,6,8,11-14,16-20H2. The molecule has 2 aliphatic heterocycles. The summed E-state index contributed by atoms with van der Waals surface area (Å²) >= 11 is 0. The predicted octanol–water partition coefficient (Wildman–Crippen LogP) is 3.25. The first kappa shape index (κ1) is 24.0. The summed E-state index contributed by atoms with van der Waals surface area (Å²) in [6, 6.07) is 13.4. The number of ether oxygens (including phenoxy) is 1. The predicted molar refractivity (Wildman–Crippen MR) is 131 cm³/mol. The number of hydrogen-bond acceptors (Lipinski definition) is 4. The highest BCUT2D eigenvalue weighted by Gasteiger charge is 2.26. The second kappa shape index (κ2) is 11.9. The van der Waals surface area contributed by atoms with Gasteiger partial charge >= 0.3 is 0 Å². The van der Waals surface area contributed by atoms with E-state index in [-0.39, 0.29) is 29.8 Å². The van der Waals surface area contributed by atoms with E-state index in [1.54, 1.807) is 27.8 Å². The van der Waals surface area contributed by atoms with Gasteiger partial charge in [-0.3, -0.25) is 14.4 Å². The zero-order valence-corrected chi connectivity index (χ0v) is 19.9. The molecule has 1 aromatic carbocycles. The quantitative estimate of drug-likeness (QED) is 0.698. The monoisotopic (exact) mass is 465 g/mol. The van der Waals surface area contributed by atoms with Crippen molar-refractivity contribution in [2.45, 2.75) is 64.0 Å². The molecule has 2 aliphatic rings. The van der Waals surface area contributed by atoms with E-state index in [1.807, 2.05) is 12.1 Å². The van der Waals surface area contributed by atoms with Crippen LogP contribution in [0.15, 0.2) is 53.5 Å². The lowest BCUT2D eigenvalue weighted by Gasteiger charge is -2.36. The molecule has 34 heavy (non-hydrogen) atoms. The molecular formula is C27H35N3O4. The Morgan fingerprint density at radius 2 is 1.85 bits per heavy atom. The van der Waals surface area contributed by atoms with Gasteiger partial charge in [-0.05, 0) is 62.3 Å². The summed E-state index contributed by atoms with van der Waals surface area (Å²) in [7, 11) is 0. The van der Waals surface area contributed by atoms with Gasteiger partial charge in [0.05, 0.1) is 6.54 Å². The number of fused-ring (bicyclic) bond motifs is 3. The molecule has 2 bridgehead atoms. The molecule has 2 amide bonds. The Labute approximate surface area is 201 Å². The molecule has 3 heterocycles.